The molecule has 3 rings (SSSR count). The van der Waals surface area contributed by atoms with E-state index in [9.17, 15) is 10.1 Å². The average molecular weight is 258 g/mol. The van der Waals surface area contributed by atoms with E-state index in [1.807, 2.05) is 6.08 Å². The van der Waals surface area contributed by atoms with Crippen molar-refractivity contribution in [3.05, 3.63) is 57.3 Å². The predicted molar refractivity (Wildman–Crippen MR) is 74.1 cm³/mol. The van der Waals surface area contributed by atoms with Gasteiger partial charge >= 0.3 is 0 Å². The van der Waals surface area contributed by atoms with Crippen LogP contribution < -0.4 is 5.32 Å². The summed E-state index contributed by atoms with van der Waals surface area (Å²) in [6, 6.07) is 0.389. The third-order valence-corrected chi connectivity index (χ3v) is 4.31. The summed E-state index contributed by atoms with van der Waals surface area (Å²) in [4.78, 5) is 11.0. The van der Waals surface area contributed by atoms with Gasteiger partial charge in [0, 0.05) is 24.2 Å². The van der Waals surface area contributed by atoms with E-state index in [1.54, 1.807) is 6.08 Å². The van der Waals surface area contributed by atoms with Gasteiger partial charge in [-0.1, -0.05) is 12.2 Å². The molecule has 1 N–H and O–H groups in total. The van der Waals surface area contributed by atoms with Crippen LogP contribution in [0, 0.1) is 16.0 Å². The summed E-state index contributed by atoms with van der Waals surface area (Å²) in [5, 5.41) is 14.6. The number of nitrogens with one attached hydrogen (secondary N) is 1. The normalized spacial score (nSPS) is 29.3. The van der Waals surface area contributed by atoms with E-state index < -0.39 is 0 Å². The molecule has 1 aliphatic heterocycles. The van der Waals surface area contributed by atoms with E-state index in [0.717, 1.165) is 36.8 Å². The molecule has 0 radical (unpaired) electrons. The maximum Gasteiger partial charge on any atom is 0.274 e. The lowest BCUT2D eigenvalue weighted by Gasteiger charge is -2.25. The molecule has 0 aromatic heterocycles. The monoisotopic (exact) mass is 258 g/mol. The van der Waals surface area contributed by atoms with Gasteiger partial charge in [-0.2, -0.15) is 0 Å². The van der Waals surface area contributed by atoms with Gasteiger partial charge in [-0.25, -0.2) is 0 Å². The lowest BCUT2D eigenvalue weighted by Crippen LogP contribution is -2.30. The minimum Gasteiger partial charge on any atom is -0.309 e. The molecule has 2 aliphatic carbocycles. The summed E-state index contributed by atoms with van der Waals surface area (Å²) in [6.07, 6.45) is 9.95. The van der Waals surface area contributed by atoms with Gasteiger partial charge in [-0.3, -0.25) is 10.1 Å². The molecular formula is C15H18N2O2. The lowest BCUT2D eigenvalue weighted by atomic mass is 9.80. The highest BCUT2D eigenvalue weighted by Gasteiger charge is 2.37. The molecule has 100 valence electrons. The van der Waals surface area contributed by atoms with Gasteiger partial charge in [0.25, 0.3) is 5.70 Å². The van der Waals surface area contributed by atoms with Crippen molar-refractivity contribution in [2.45, 2.75) is 31.7 Å². The summed E-state index contributed by atoms with van der Waals surface area (Å²) in [5.41, 5.74) is 3.53. The van der Waals surface area contributed by atoms with Gasteiger partial charge in [-0.05, 0) is 42.7 Å². The third kappa shape index (κ3) is 2.06. The summed E-state index contributed by atoms with van der Waals surface area (Å²) in [5.74, 6) is 0.462. The second kappa shape index (κ2) is 4.78. The van der Waals surface area contributed by atoms with E-state index in [0.29, 0.717) is 24.2 Å². The SMILES string of the molecule is C=CCC1CC2CCC=C3C=C([N+](=O)[O-])C(=C32)CN1. The Bertz CT molecular complexity index is 528. The van der Waals surface area contributed by atoms with Crippen LogP contribution in [0.25, 0.3) is 0 Å². The van der Waals surface area contributed by atoms with Crippen LogP contribution in [0.15, 0.2) is 47.2 Å². The Morgan fingerprint density at radius 3 is 3.16 bits per heavy atom. The summed E-state index contributed by atoms with van der Waals surface area (Å²) in [7, 11) is 0. The van der Waals surface area contributed by atoms with Gasteiger partial charge in [0.15, 0.2) is 0 Å². The fourth-order valence-corrected chi connectivity index (χ4v) is 3.50. The zero-order valence-electron chi connectivity index (χ0n) is 10.9. The van der Waals surface area contributed by atoms with Crippen LogP contribution in [0.5, 0.6) is 0 Å². The van der Waals surface area contributed by atoms with Gasteiger partial charge < -0.3 is 5.32 Å². The van der Waals surface area contributed by atoms with E-state index in [1.165, 1.54) is 5.57 Å². The van der Waals surface area contributed by atoms with Crippen molar-refractivity contribution in [2.24, 2.45) is 5.92 Å². The number of nitro groups is 1. The highest BCUT2D eigenvalue weighted by atomic mass is 16.6. The first-order chi connectivity index (χ1) is 9.20. The predicted octanol–water partition coefficient (Wildman–Crippen LogP) is 2.73. The molecule has 0 aromatic carbocycles. The Kier molecular flexibility index (Phi) is 3.11. The highest BCUT2D eigenvalue weighted by molar-refractivity contribution is 5.59. The molecule has 19 heavy (non-hydrogen) atoms. The molecule has 0 amide bonds. The van der Waals surface area contributed by atoms with Gasteiger partial charge in [0.05, 0.1) is 4.92 Å². The summed E-state index contributed by atoms with van der Waals surface area (Å²) >= 11 is 0. The molecular weight excluding hydrogens is 240 g/mol. The Morgan fingerprint density at radius 1 is 1.58 bits per heavy atom. The van der Waals surface area contributed by atoms with Crippen LogP contribution in [0.2, 0.25) is 0 Å². The molecule has 2 unspecified atom stereocenters. The van der Waals surface area contributed by atoms with Crippen molar-refractivity contribution < 1.29 is 4.92 Å². The van der Waals surface area contributed by atoms with Crippen molar-refractivity contribution in [2.75, 3.05) is 6.54 Å². The van der Waals surface area contributed by atoms with Gasteiger partial charge in [-0.15, -0.1) is 6.58 Å². The zero-order valence-corrected chi connectivity index (χ0v) is 10.9. The fraction of sp³-hybridized carbons (Fsp3) is 0.467. The third-order valence-electron chi connectivity index (χ3n) is 4.31. The number of hydrogen-bond acceptors (Lipinski definition) is 3. The first kappa shape index (κ1) is 12.4. The van der Waals surface area contributed by atoms with Gasteiger partial charge in [0.1, 0.15) is 0 Å². The largest absolute Gasteiger partial charge is 0.309 e. The molecule has 0 bridgehead atoms. The first-order valence-electron chi connectivity index (χ1n) is 6.85. The molecule has 2 atom stereocenters. The number of allylic oxidation sites excluding steroid dienone is 4. The molecule has 0 fully saturated rings. The van der Waals surface area contributed by atoms with Crippen LogP contribution in [0.3, 0.4) is 0 Å². The van der Waals surface area contributed by atoms with E-state index in [-0.39, 0.29) is 4.92 Å². The summed E-state index contributed by atoms with van der Waals surface area (Å²) < 4.78 is 0. The molecule has 0 saturated heterocycles. The maximum atomic E-state index is 11.2. The van der Waals surface area contributed by atoms with Crippen LogP contribution >= 0.6 is 0 Å². The van der Waals surface area contributed by atoms with Crippen LogP contribution in [-0.2, 0) is 0 Å². The van der Waals surface area contributed by atoms with Crippen molar-refractivity contribution in [3.63, 3.8) is 0 Å². The second-order valence-corrected chi connectivity index (χ2v) is 5.45. The Morgan fingerprint density at radius 2 is 2.42 bits per heavy atom. The van der Waals surface area contributed by atoms with Gasteiger partial charge in [0.2, 0.25) is 0 Å². The molecule has 0 aromatic rings. The number of rotatable bonds is 3. The van der Waals surface area contributed by atoms with Crippen LogP contribution in [0.1, 0.15) is 25.7 Å². The Labute approximate surface area is 112 Å². The fourth-order valence-electron chi connectivity index (χ4n) is 3.50. The van der Waals surface area contributed by atoms with Crippen LogP contribution in [-0.4, -0.2) is 17.5 Å². The Balaban J connectivity index is 1.97. The molecule has 4 heteroatoms. The minimum atomic E-state index is -0.242. The zero-order chi connectivity index (χ0) is 13.4. The smallest absolute Gasteiger partial charge is 0.274 e. The lowest BCUT2D eigenvalue weighted by molar-refractivity contribution is -0.420. The second-order valence-electron chi connectivity index (χ2n) is 5.45. The topological polar surface area (TPSA) is 55.2 Å². The summed E-state index contributed by atoms with van der Waals surface area (Å²) in [6.45, 7) is 4.40. The van der Waals surface area contributed by atoms with Crippen LogP contribution in [0.4, 0.5) is 0 Å². The Hall–Kier alpha value is -1.68. The van der Waals surface area contributed by atoms with Crippen molar-refractivity contribution >= 4 is 0 Å². The van der Waals surface area contributed by atoms with E-state index >= 15 is 0 Å². The molecule has 3 aliphatic rings. The van der Waals surface area contributed by atoms with Crippen molar-refractivity contribution in [1.82, 2.24) is 5.32 Å². The number of nitrogens with zero attached hydrogens (tertiary/aromatic N) is 1. The number of hydrogen-bond donors (Lipinski definition) is 1. The molecule has 0 spiro atoms. The minimum absolute atomic E-state index is 0.242. The average Bonchev–Trinajstić information content (AvgIpc) is 2.66. The quantitative estimate of drug-likeness (QED) is 0.481. The maximum absolute atomic E-state index is 11.2. The van der Waals surface area contributed by atoms with Crippen molar-refractivity contribution in [3.8, 4) is 0 Å². The first-order valence-corrected chi connectivity index (χ1v) is 6.85. The van der Waals surface area contributed by atoms with E-state index in [4.69, 9.17) is 0 Å². The van der Waals surface area contributed by atoms with Crippen molar-refractivity contribution in [1.29, 1.82) is 0 Å². The molecule has 0 saturated carbocycles. The molecule has 1 heterocycles. The standard InChI is InChI=1S/C15H18N2O2/c1-2-4-12-7-10-5-3-6-11-8-14(17(18)19)13(9-16-12)15(10)11/h2,6,8,10,12,16H,1,3-5,7,9H2. The molecule has 4 nitrogen and oxygen atoms in total. The highest BCUT2D eigenvalue weighted by Crippen LogP contribution is 2.44. The van der Waals surface area contributed by atoms with E-state index in [2.05, 4.69) is 18.0 Å².